The molecular formula is C49H44F3NO. The number of allylic oxidation sites excluding steroid dienone is 6. The van der Waals surface area contributed by atoms with Crippen molar-refractivity contribution in [2.75, 3.05) is 26.3 Å². The van der Waals surface area contributed by atoms with Gasteiger partial charge in [0, 0.05) is 24.9 Å². The highest BCUT2D eigenvalue weighted by atomic mass is 19.4. The fraction of sp³-hybridized carbons (Fsp3) is 0.347. The van der Waals surface area contributed by atoms with Crippen LogP contribution in [0.1, 0.15) is 91.3 Å². The molecule has 0 bridgehead atoms. The van der Waals surface area contributed by atoms with Gasteiger partial charge in [-0.25, -0.2) is 0 Å². The van der Waals surface area contributed by atoms with Crippen LogP contribution in [0, 0.1) is 11.3 Å². The third-order valence-electron chi connectivity index (χ3n) is 14.0. The minimum atomic E-state index is -4.43. The van der Waals surface area contributed by atoms with Crippen molar-refractivity contribution in [2.45, 2.75) is 70.0 Å². The maximum Gasteiger partial charge on any atom is 0.416 e. The number of alkyl halides is 3. The summed E-state index contributed by atoms with van der Waals surface area (Å²) >= 11 is 0. The van der Waals surface area contributed by atoms with E-state index in [1.54, 1.807) is 6.07 Å². The van der Waals surface area contributed by atoms with Gasteiger partial charge in [0.25, 0.3) is 0 Å². The molecule has 7 aliphatic rings. The molecule has 6 aliphatic carbocycles. The SMILES string of the molecule is CC1(C)C=c2ccc3c4c2=C(C1)C(N1CCOCC1)C=C4C(c1cccc(C(F)(F)F)c1)C1=C3C=C2C3C=Cc4cccc5ccc(c3c45)C(C)(C)C2C1. The molecule has 5 heteroatoms. The third kappa shape index (κ3) is 4.55. The maximum absolute atomic E-state index is 14.5. The molecule has 2 nitrogen and oxygen atoms in total. The molecule has 1 aliphatic heterocycles. The summed E-state index contributed by atoms with van der Waals surface area (Å²) in [5.41, 5.74) is 13.0. The normalized spacial score (nSPS) is 27.1. The number of hydrogen-bond acceptors (Lipinski definition) is 2. The highest BCUT2D eigenvalue weighted by Gasteiger charge is 2.49. The second-order valence-corrected chi connectivity index (χ2v) is 17.9. The Bertz CT molecular complexity index is 2610. The topological polar surface area (TPSA) is 12.5 Å². The lowest BCUT2D eigenvalue weighted by Gasteiger charge is -2.51. The number of morpholine rings is 1. The van der Waals surface area contributed by atoms with Crippen molar-refractivity contribution in [1.82, 2.24) is 4.90 Å². The molecule has 0 N–H and O–H groups in total. The Hall–Kier alpha value is -4.45. The summed E-state index contributed by atoms with van der Waals surface area (Å²) in [6.07, 6.45) is 9.42. The van der Waals surface area contributed by atoms with Gasteiger partial charge in [-0.05, 0) is 113 Å². The Morgan fingerprint density at radius 2 is 1.70 bits per heavy atom. The van der Waals surface area contributed by atoms with Gasteiger partial charge < -0.3 is 4.74 Å². The van der Waals surface area contributed by atoms with Crippen molar-refractivity contribution in [3.63, 3.8) is 0 Å². The summed E-state index contributed by atoms with van der Waals surface area (Å²) in [5, 5.41) is 5.20. The highest BCUT2D eigenvalue weighted by Crippen LogP contribution is 2.62. The maximum atomic E-state index is 14.5. The van der Waals surface area contributed by atoms with Gasteiger partial charge in [-0.1, -0.05) is 124 Å². The number of benzene rings is 4. The van der Waals surface area contributed by atoms with E-state index in [1.807, 2.05) is 6.07 Å². The first-order valence-corrected chi connectivity index (χ1v) is 19.7. The molecule has 272 valence electrons. The lowest BCUT2D eigenvalue weighted by molar-refractivity contribution is -0.137. The molecule has 4 aromatic carbocycles. The predicted octanol–water partition coefficient (Wildman–Crippen LogP) is 9.92. The molecule has 1 heterocycles. The van der Waals surface area contributed by atoms with E-state index < -0.39 is 11.7 Å². The highest BCUT2D eigenvalue weighted by molar-refractivity contribution is 6.01. The summed E-state index contributed by atoms with van der Waals surface area (Å²) in [7, 11) is 0. The van der Waals surface area contributed by atoms with Gasteiger partial charge in [0.05, 0.1) is 24.8 Å². The van der Waals surface area contributed by atoms with Crippen LogP contribution in [0.5, 0.6) is 0 Å². The summed E-state index contributed by atoms with van der Waals surface area (Å²) in [5.74, 6) is 0.0658. The minimum Gasteiger partial charge on any atom is -0.379 e. The molecule has 0 amide bonds. The standard InChI is InChI=1S/C49H44F3NO/c1-47(2)25-30-12-15-32-34-22-35-33-14-11-27-7-5-8-28-13-16-39(46(33)42(27)28)48(3,4)40(35)23-36(34)43(29-9-6-10-31(21-29)49(50,51)52)37-24-41(53-17-19-54-20-18-53)38(26-47)44(30)45(32)37/h5-16,21-22,24-25,33,40-41,43H,17-20,23,26H2,1-4H3. The second kappa shape index (κ2) is 11.1. The van der Waals surface area contributed by atoms with Crippen LogP contribution in [0.2, 0.25) is 0 Å². The number of nitrogens with zero attached hydrogens (tertiary/aromatic N) is 1. The van der Waals surface area contributed by atoms with Crippen molar-refractivity contribution in [2.24, 2.45) is 11.3 Å². The Kier molecular flexibility index (Phi) is 6.76. The van der Waals surface area contributed by atoms with Crippen LogP contribution in [0.15, 0.2) is 96.1 Å². The van der Waals surface area contributed by atoms with Crippen molar-refractivity contribution >= 4 is 39.6 Å². The Balaban J connectivity index is 1.21. The van der Waals surface area contributed by atoms with Gasteiger partial charge in [0.1, 0.15) is 0 Å². The molecule has 54 heavy (non-hydrogen) atoms. The molecule has 11 rings (SSSR count). The summed E-state index contributed by atoms with van der Waals surface area (Å²) in [6.45, 7) is 12.5. The van der Waals surface area contributed by atoms with Gasteiger partial charge in [-0.15, -0.1) is 0 Å². The summed E-state index contributed by atoms with van der Waals surface area (Å²) < 4.78 is 49.3. The summed E-state index contributed by atoms with van der Waals surface area (Å²) in [4.78, 5) is 2.55. The Morgan fingerprint density at radius 1 is 0.889 bits per heavy atom. The van der Waals surface area contributed by atoms with E-state index >= 15 is 0 Å². The smallest absolute Gasteiger partial charge is 0.379 e. The average molecular weight is 720 g/mol. The third-order valence-corrected chi connectivity index (χ3v) is 14.0. The number of rotatable bonds is 2. The number of fused-ring (bicyclic) bond motifs is 3. The molecule has 0 radical (unpaired) electrons. The monoisotopic (exact) mass is 719 g/mol. The van der Waals surface area contributed by atoms with Gasteiger partial charge in [-0.3, -0.25) is 4.90 Å². The second-order valence-electron chi connectivity index (χ2n) is 17.9. The Labute approximate surface area is 314 Å². The molecule has 4 unspecified atom stereocenters. The zero-order chi connectivity index (χ0) is 36.9. The number of hydrogen-bond donors (Lipinski definition) is 0. The van der Waals surface area contributed by atoms with Crippen LogP contribution in [0.25, 0.3) is 39.6 Å². The number of halogens is 3. The van der Waals surface area contributed by atoms with Crippen molar-refractivity contribution in [1.29, 1.82) is 0 Å². The van der Waals surface area contributed by atoms with Crippen LogP contribution in [0.3, 0.4) is 0 Å². The molecular weight excluding hydrogens is 676 g/mol. The van der Waals surface area contributed by atoms with Gasteiger partial charge in [0.2, 0.25) is 0 Å². The average Bonchev–Trinajstić information content (AvgIpc) is 3.15. The molecule has 1 fully saturated rings. The molecule has 1 saturated heterocycles. The van der Waals surface area contributed by atoms with E-state index in [0.29, 0.717) is 13.2 Å². The van der Waals surface area contributed by atoms with E-state index in [0.717, 1.165) is 31.5 Å². The van der Waals surface area contributed by atoms with Crippen molar-refractivity contribution in [3.8, 4) is 0 Å². The summed E-state index contributed by atoms with van der Waals surface area (Å²) in [6, 6.07) is 22.2. The zero-order valence-electron chi connectivity index (χ0n) is 31.3. The van der Waals surface area contributed by atoms with E-state index in [4.69, 9.17) is 4.74 Å². The molecule has 0 saturated carbocycles. The van der Waals surface area contributed by atoms with Crippen LogP contribution in [-0.2, 0) is 16.3 Å². The van der Waals surface area contributed by atoms with Crippen molar-refractivity contribution < 1.29 is 17.9 Å². The molecule has 4 atom stereocenters. The predicted molar refractivity (Wildman–Crippen MR) is 212 cm³/mol. The van der Waals surface area contributed by atoms with E-state index in [1.165, 1.54) is 89.0 Å². The first-order chi connectivity index (χ1) is 25.9. The first-order valence-electron chi connectivity index (χ1n) is 19.7. The fourth-order valence-electron chi connectivity index (χ4n) is 11.7. The van der Waals surface area contributed by atoms with Crippen LogP contribution in [-0.4, -0.2) is 37.2 Å². The van der Waals surface area contributed by atoms with E-state index in [2.05, 4.69) is 105 Å². The molecule has 4 aromatic rings. The zero-order valence-corrected chi connectivity index (χ0v) is 31.3. The van der Waals surface area contributed by atoms with Gasteiger partial charge in [-0.2, -0.15) is 13.2 Å². The minimum absolute atomic E-state index is 0.0119. The van der Waals surface area contributed by atoms with E-state index in [9.17, 15) is 13.2 Å². The lowest BCUT2D eigenvalue weighted by atomic mass is 9.53. The number of ether oxygens (including phenoxy) is 1. The van der Waals surface area contributed by atoms with E-state index in [-0.39, 0.29) is 34.6 Å². The van der Waals surface area contributed by atoms with Gasteiger partial charge in [0.15, 0.2) is 0 Å². The lowest BCUT2D eigenvalue weighted by Crippen LogP contribution is -2.51. The Morgan fingerprint density at radius 3 is 2.52 bits per heavy atom. The van der Waals surface area contributed by atoms with Gasteiger partial charge >= 0.3 is 6.18 Å². The van der Waals surface area contributed by atoms with Crippen molar-refractivity contribution in [3.05, 3.63) is 145 Å². The molecule has 0 aromatic heterocycles. The first kappa shape index (κ1) is 32.9. The van der Waals surface area contributed by atoms with Crippen LogP contribution < -0.4 is 10.4 Å². The largest absolute Gasteiger partial charge is 0.416 e. The molecule has 0 spiro atoms. The quantitative estimate of drug-likeness (QED) is 0.205. The van der Waals surface area contributed by atoms with Crippen LogP contribution >= 0.6 is 0 Å². The van der Waals surface area contributed by atoms with Crippen LogP contribution in [0.4, 0.5) is 13.2 Å². The fourth-order valence-corrected chi connectivity index (χ4v) is 11.7.